The SMILES string of the molecule is O=C(c1ccccc1F)N1CCc2c(nc([C@@H]3CCN(C4CCCC4)C3)[nH]c2=O)C1. The van der Waals surface area contributed by atoms with E-state index >= 15 is 0 Å². The van der Waals surface area contributed by atoms with Crippen LogP contribution in [0.2, 0.25) is 0 Å². The van der Waals surface area contributed by atoms with E-state index < -0.39 is 5.82 Å². The number of hydrogen-bond acceptors (Lipinski definition) is 4. The Morgan fingerprint density at radius 3 is 2.73 bits per heavy atom. The Hall–Kier alpha value is -2.54. The molecule has 1 aromatic carbocycles. The number of hydrogen-bond donors (Lipinski definition) is 1. The number of carbonyl (C=O) groups excluding carboxylic acids is 1. The highest BCUT2D eigenvalue weighted by molar-refractivity contribution is 5.94. The summed E-state index contributed by atoms with van der Waals surface area (Å²) in [5, 5.41) is 0. The Bertz CT molecular complexity index is 1010. The van der Waals surface area contributed by atoms with Crippen LogP contribution in [0.4, 0.5) is 4.39 Å². The highest BCUT2D eigenvalue weighted by Gasteiger charge is 2.33. The van der Waals surface area contributed by atoms with Crippen molar-refractivity contribution in [3.8, 4) is 0 Å². The van der Waals surface area contributed by atoms with Gasteiger partial charge in [0.05, 0.1) is 17.8 Å². The van der Waals surface area contributed by atoms with E-state index in [2.05, 4.69) is 9.88 Å². The zero-order valence-electron chi connectivity index (χ0n) is 17.1. The summed E-state index contributed by atoms with van der Waals surface area (Å²) in [6, 6.07) is 6.70. The number of likely N-dealkylation sites (tertiary alicyclic amines) is 1. The maximum atomic E-state index is 14.1. The van der Waals surface area contributed by atoms with Crippen LogP contribution in [-0.2, 0) is 13.0 Å². The largest absolute Gasteiger partial charge is 0.332 e. The van der Waals surface area contributed by atoms with Gasteiger partial charge in [0, 0.05) is 30.6 Å². The van der Waals surface area contributed by atoms with Crippen LogP contribution in [0.3, 0.4) is 0 Å². The molecule has 0 bridgehead atoms. The molecule has 0 unspecified atom stereocenters. The average molecular weight is 410 g/mol. The molecule has 1 saturated carbocycles. The third-order valence-electron chi connectivity index (χ3n) is 6.93. The Balaban J connectivity index is 1.36. The number of aromatic amines is 1. The second-order valence-corrected chi connectivity index (χ2v) is 8.75. The molecule has 1 atom stereocenters. The minimum atomic E-state index is -0.522. The minimum Gasteiger partial charge on any atom is -0.332 e. The monoisotopic (exact) mass is 410 g/mol. The van der Waals surface area contributed by atoms with Gasteiger partial charge in [0.15, 0.2) is 0 Å². The van der Waals surface area contributed by atoms with Crippen LogP contribution in [-0.4, -0.2) is 51.4 Å². The quantitative estimate of drug-likeness (QED) is 0.845. The molecule has 2 aromatic rings. The van der Waals surface area contributed by atoms with Gasteiger partial charge in [-0.05, 0) is 44.4 Å². The Morgan fingerprint density at radius 1 is 1.13 bits per heavy atom. The molecule has 158 valence electrons. The van der Waals surface area contributed by atoms with Gasteiger partial charge in [0.1, 0.15) is 11.6 Å². The molecule has 6 nitrogen and oxygen atoms in total. The highest BCUT2D eigenvalue weighted by atomic mass is 19.1. The number of halogens is 1. The van der Waals surface area contributed by atoms with Crippen molar-refractivity contribution < 1.29 is 9.18 Å². The third-order valence-corrected chi connectivity index (χ3v) is 6.93. The van der Waals surface area contributed by atoms with E-state index in [4.69, 9.17) is 4.98 Å². The van der Waals surface area contributed by atoms with Crippen molar-refractivity contribution >= 4 is 5.91 Å². The van der Waals surface area contributed by atoms with Gasteiger partial charge in [-0.15, -0.1) is 0 Å². The highest BCUT2D eigenvalue weighted by Crippen LogP contribution is 2.32. The number of amides is 1. The van der Waals surface area contributed by atoms with Crippen molar-refractivity contribution in [3.05, 3.63) is 63.1 Å². The summed E-state index contributed by atoms with van der Waals surface area (Å²) < 4.78 is 14.1. The lowest BCUT2D eigenvalue weighted by Crippen LogP contribution is -2.40. The molecule has 2 fully saturated rings. The maximum Gasteiger partial charge on any atom is 0.257 e. The first-order valence-electron chi connectivity index (χ1n) is 11.0. The lowest BCUT2D eigenvalue weighted by Gasteiger charge is -2.28. The number of fused-ring (bicyclic) bond motifs is 1. The fourth-order valence-corrected chi connectivity index (χ4v) is 5.24. The van der Waals surface area contributed by atoms with Crippen LogP contribution in [0.1, 0.15) is 65.5 Å². The van der Waals surface area contributed by atoms with Gasteiger partial charge >= 0.3 is 0 Å². The summed E-state index contributed by atoms with van der Waals surface area (Å²) in [4.78, 5) is 37.5. The van der Waals surface area contributed by atoms with Crippen molar-refractivity contribution in [2.45, 2.75) is 57.0 Å². The third kappa shape index (κ3) is 3.55. The predicted octanol–water partition coefficient (Wildman–Crippen LogP) is 2.84. The zero-order chi connectivity index (χ0) is 20.7. The van der Waals surface area contributed by atoms with Gasteiger partial charge in [0.25, 0.3) is 11.5 Å². The number of benzene rings is 1. The molecule has 1 N–H and O–H groups in total. The molecular weight excluding hydrogens is 383 g/mol. The fourth-order valence-electron chi connectivity index (χ4n) is 5.24. The number of aromatic nitrogens is 2. The van der Waals surface area contributed by atoms with Crippen LogP contribution in [0.5, 0.6) is 0 Å². The maximum absolute atomic E-state index is 14.1. The van der Waals surface area contributed by atoms with E-state index in [0.29, 0.717) is 30.3 Å². The molecule has 0 spiro atoms. The number of nitrogens with zero attached hydrogens (tertiary/aromatic N) is 3. The summed E-state index contributed by atoms with van der Waals surface area (Å²) in [5.41, 5.74) is 1.28. The van der Waals surface area contributed by atoms with Crippen molar-refractivity contribution in [3.63, 3.8) is 0 Å². The molecule has 3 aliphatic rings. The summed E-state index contributed by atoms with van der Waals surface area (Å²) in [5.74, 6) is 0.0853. The van der Waals surface area contributed by atoms with Crippen LogP contribution < -0.4 is 5.56 Å². The molecular formula is C23H27FN4O2. The van der Waals surface area contributed by atoms with E-state index in [9.17, 15) is 14.0 Å². The minimum absolute atomic E-state index is 0.0639. The van der Waals surface area contributed by atoms with Crippen molar-refractivity contribution in [2.75, 3.05) is 19.6 Å². The second kappa shape index (κ2) is 7.95. The van der Waals surface area contributed by atoms with Crippen LogP contribution >= 0.6 is 0 Å². The van der Waals surface area contributed by atoms with Crippen molar-refractivity contribution in [1.29, 1.82) is 0 Å². The summed E-state index contributed by atoms with van der Waals surface area (Å²) in [7, 11) is 0. The van der Waals surface area contributed by atoms with Gasteiger partial charge < -0.3 is 9.88 Å². The topological polar surface area (TPSA) is 69.3 Å². The van der Waals surface area contributed by atoms with E-state index in [1.807, 2.05) is 0 Å². The lowest BCUT2D eigenvalue weighted by molar-refractivity contribution is 0.0726. The molecule has 5 rings (SSSR count). The molecule has 2 aliphatic heterocycles. The lowest BCUT2D eigenvalue weighted by atomic mass is 10.0. The smallest absolute Gasteiger partial charge is 0.257 e. The van der Waals surface area contributed by atoms with Gasteiger partial charge in [-0.2, -0.15) is 0 Å². The average Bonchev–Trinajstić information content (AvgIpc) is 3.45. The molecule has 30 heavy (non-hydrogen) atoms. The van der Waals surface area contributed by atoms with Gasteiger partial charge in [-0.25, -0.2) is 9.37 Å². The summed E-state index contributed by atoms with van der Waals surface area (Å²) in [6.45, 7) is 2.62. The molecule has 1 saturated heterocycles. The number of carbonyl (C=O) groups is 1. The van der Waals surface area contributed by atoms with Crippen LogP contribution in [0.15, 0.2) is 29.1 Å². The fraction of sp³-hybridized carbons (Fsp3) is 0.522. The first-order valence-corrected chi connectivity index (χ1v) is 11.0. The molecule has 0 radical (unpaired) electrons. The van der Waals surface area contributed by atoms with E-state index in [1.54, 1.807) is 17.0 Å². The molecule has 1 aliphatic carbocycles. The number of H-pyrrole nitrogens is 1. The molecule has 1 aromatic heterocycles. The van der Waals surface area contributed by atoms with Gasteiger partial charge in [0.2, 0.25) is 0 Å². The van der Waals surface area contributed by atoms with Gasteiger partial charge in [-0.3, -0.25) is 14.5 Å². The van der Waals surface area contributed by atoms with E-state index in [1.165, 1.54) is 37.8 Å². The Morgan fingerprint density at radius 2 is 1.93 bits per heavy atom. The van der Waals surface area contributed by atoms with E-state index in [0.717, 1.165) is 25.3 Å². The molecule has 7 heteroatoms. The van der Waals surface area contributed by atoms with Crippen LogP contribution in [0, 0.1) is 5.82 Å². The Labute approximate surface area is 175 Å². The zero-order valence-corrected chi connectivity index (χ0v) is 17.1. The second-order valence-electron chi connectivity index (χ2n) is 8.75. The van der Waals surface area contributed by atoms with E-state index in [-0.39, 0.29) is 29.5 Å². The van der Waals surface area contributed by atoms with Crippen molar-refractivity contribution in [2.24, 2.45) is 0 Å². The molecule has 1 amide bonds. The normalized spacial score (nSPS) is 22.4. The summed E-state index contributed by atoms with van der Waals surface area (Å²) >= 11 is 0. The standard InChI is InChI=1S/C23H27FN4O2/c24-19-8-4-3-7-17(19)23(30)28-12-10-18-20(14-28)25-21(26-22(18)29)15-9-11-27(13-15)16-5-1-2-6-16/h3-4,7-8,15-16H,1-2,5-6,9-14H2,(H,25,26,29)/t15-/m1/s1. The predicted molar refractivity (Wildman–Crippen MR) is 111 cm³/mol. The van der Waals surface area contributed by atoms with Gasteiger partial charge in [-0.1, -0.05) is 25.0 Å². The van der Waals surface area contributed by atoms with Crippen LogP contribution in [0.25, 0.3) is 0 Å². The van der Waals surface area contributed by atoms with Crippen molar-refractivity contribution in [1.82, 2.24) is 19.8 Å². The number of nitrogens with one attached hydrogen (secondary N) is 1. The summed E-state index contributed by atoms with van der Waals surface area (Å²) in [6.07, 6.45) is 6.60. The first kappa shape index (κ1) is 19.4. The molecule has 3 heterocycles. The number of rotatable bonds is 3. The first-order chi connectivity index (χ1) is 14.6. The Kier molecular flexibility index (Phi) is 5.15.